The van der Waals surface area contributed by atoms with Crippen LogP contribution in [0.4, 0.5) is 0 Å². The van der Waals surface area contributed by atoms with Crippen molar-refractivity contribution < 1.29 is 0 Å². The van der Waals surface area contributed by atoms with E-state index >= 15 is 0 Å². The van der Waals surface area contributed by atoms with Gasteiger partial charge in [0, 0.05) is 10.9 Å². The highest BCUT2D eigenvalue weighted by molar-refractivity contribution is 8.01. The first-order valence-electron chi connectivity index (χ1n) is 5.49. The molecule has 0 radical (unpaired) electrons. The molecule has 0 aliphatic carbocycles. The zero-order valence-corrected chi connectivity index (χ0v) is 10.4. The molecular weight excluding hydrogens is 218 g/mol. The molecule has 0 amide bonds. The summed E-state index contributed by atoms with van der Waals surface area (Å²) in [6.45, 7) is 4.12. The quantitative estimate of drug-likeness (QED) is 0.357. The van der Waals surface area contributed by atoms with E-state index in [9.17, 15) is 0 Å². The van der Waals surface area contributed by atoms with Crippen LogP contribution in [0.3, 0.4) is 0 Å². The van der Waals surface area contributed by atoms with Gasteiger partial charge in [0.15, 0.2) is 0 Å². The van der Waals surface area contributed by atoms with Gasteiger partial charge < -0.3 is 5.43 Å². The lowest BCUT2D eigenvalue weighted by Gasteiger charge is -2.13. The van der Waals surface area contributed by atoms with E-state index in [4.69, 9.17) is 5.84 Å². The molecule has 1 aromatic rings. The largest absolute Gasteiger partial charge is 0.311 e. The van der Waals surface area contributed by atoms with Crippen molar-refractivity contribution in [2.45, 2.75) is 36.5 Å². The minimum Gasteiger partial charge on any atom is -0.311 e. The summed E-state index contributed by atoms with van der Waals surface area (Å²) in [4.78, 5) is 5.87. The Morgan fingerprint density at radius 2 is 2.25 bits per heavy atom. The number of aliphatic imine (C=N–C) groups is 1. The van der Waals surface area contributed by atoms with E-state index < -0.39 is 0 Å². The Hall–Kier alpha value is -1.00. The van der Waals surface area contributed by atoms with Crippen molar-refractivity contribution >= 4 is 17.6 Å². The number of benzene rings is 1. The van der Waals surface area contributed by atoms with Crippen LogP contribution in [0, 0.1) is 0 Å². The smallest absolute Gasteiger partial charge is 0.125 e. The number of nitrogens with two attached hydrogens (primary N) is 1. The van der Waals surface area contributed by atoms with Crippen LogP contribution < -0.4 is 11.3 Å². The summed E-state index contributed by atoms with van der Waals surface area (Å²) in [7, 11) is 0. The Balaban J connectivity index is 2.16. The lowest BCUT2D eigenvalue weighted by atomic mass is 10.1. The summed E-state index contributed by atoms with van der Waals surface area (Å²) in [6.07, 6.45) is 1.01. The summed E-state index contributed by atoms with van der Waals surface area (Å²) in [5.41, 5.74) is 4.13. The van der Waals surface area contributed by atoms with Gasteiger partial charge in [0.2, 0.25) is 0 Å². The second-order valence-corrected chi connectivity index (χ2v) is 5.42. The van der Waals surface area contributed by atoms with Crippen molar-refractivity contribution in [3.8, 4) is 0 Å². The fraction of sp³-hybridized carbons (Fsp3) is 0.417. The van der Waals surface area contributed by atoms with Crippen molar-refractivity contribution in [3.05, 3.63) is 29.8 Å². The number of rotatable bonds is 2. The van der Waals surface area contributed by atoms with Gasteiger partial charge in [-0.15, -0.1) is 11.8 Å². The maximum atomic E-state index is 5.54. The first-order valence-corrected chi connectivity index (χ1v) is 6.37. The number of hydrogen-bond donors (Lipinski definition) is 2. The van der Waals surface area contributed by atoms with Crippen molar-refractivity contribution in [2.24, 2.45) is 10.8 Å². The molecule has 86 valence electrons. The first-order chi connectivity index (χ1) is 7.70. The summed E-state index contributed by atoms with van der Waals surface area (Å²) in [5, 5.41) is 0.338. The molecule has 1 aliphatic heterocycles. The topological polar surface area (TPSA) is 50.4 Å². The monoisotopic (exact) mass is 235 g/mol. The number of hydrazine groups is 1. The lowest BCUT2D eigenvalue weighted by molar-refractivity contribution is 0.805. The minimum absolute atomic E-state index is 0.273. The molecule has 0 fully saturated rings. The van der Waals surface area contributed by atoms with Crippen molar-refractivity contribution in [1.82, 2.24) is 5.43 Å². The van der Waals surface area contributed by atoms with Gasteiger partial charge in [0.25, 0.3) is 0 Å². The SMILES string of the molecule is CC(C)N=C(NN)C1Cc2ccccc2S1. The van der Waals surface area contributed by atoms with Gasteiger partial charge in [-0.25, -0.2) is 5.84 Å². The summed E-state index contributed by atoms with van der Waals surface area (Å²) in [6, 6.07) is 8.76. The fourth-order valence-corrected chi connectivity index (χ4v) is 3.10. The average Bonchev–Trinajstić information content (AvgIpc) is 2.68. The molecule has 1 aliphatic rings. The van der Waals surface area contributed by atoms with Gasteiger partial charge >= 0.3 is 0 Å². The lowest BCUT2D eigenvalue weighted by Crippen LogP contribution is -2.38. The standard InChI is InChI=1S/C12H17N3S/c1-8(2)14-12(15-13)11-7-9-5-3-4-6-10(9)16-11/h3-6,8,11H,7,13H2,1-2H3,(H,14,15). The number of amidine groups is 1. The molecule has 1 unspecified atom stereocenters. The molecule has 3 N–H and O–H groups in total. The zero-order valence-electron chi connectivity index (χ0n) is 9.60. The van der Waals surface area contributed by atoms with Gasteiger partial charge in [0.05, 0.1) is 5.25 Å². The molecular formula is C12H17N3S. The Morgan fingerprint density at radius 1 is 1.50 bits per heavy atom. The van der Waals surface area contributed by atoms with E-state index in [0.29, 0.717) is 5.25 Å². The molecule has 16 heavy (non-hydrogen) atoms. The van der Waals surface area contributed by atoms with Crippen LogP contribution in [-0.4, -0.2) is 17.1 Å². The maximum Gasteiger partial charge on any atom is 0.125 e. The van der Waals surface area contributed by atoms with E-state index in [2.05, 4.69) is 48.5 Å². The molecule has 3 nitrogen and oxygen atoms in total. The molecule has 1 heterocycles. The molecule has 1 aromatic carbocycles. The van der Waals surface area contributed by atoms with Crippen LogP contribution in [0.1, 0.15) is 19.4 Å². The Morgan fingerprint density at radius 3 is 2.88 bits per heavy atom. The molecule has 2 rings (SSSR count). The van der Waals surface area contributed by atoms with Crippen molar-refractivity contribution in [2.75, 3.05) is 0 Å². The third-order valence-corrected chi connectivity index (χ3v) is 3.82. The number of fused-ring (bicyclic) bond motifs is 1. The number of nitrogens with one attached hydrogen (secondary N) is 1. The molecule has 0 saturated carbocycles. The van der Waals surface area contributed by atoms with Crippen LogP contribution >= 0.6 is 11.8 Å². The van der Waals surface area contributed by atoms with E-state index in [0.717, 1.165) is 12.3 Å². The van der Waals surface area contributed by atoms with E-state index in [1.165, 1.54) is 10.5 Å². The van der Waals surface area contributed by atoms with Crippen LogP contribution in [0.5, 0.6) is 0 Å². The third kappa shape index (κ3) is 2.39. The van der Waals surface area contributed by atoms with Crippen LogP contribution in [0.15, 0.2) is 34.2 Å². The predicted molar refractivity (Wildman–Crippen MR) is 69.7 cm³/mol. The van der Waals surface area contributed by atoms with Crippen molar-refractivity contribution in [3.63, 3.8) is 0 Å². The highest BCUT2D eigenvalue weighted by Gasteiger charge is 2.25. The van der Waals surface area contributed by atoms with Crippen LogP contribution in [-0.2, 0) is 6.42 Å². The number of thioether (sulfide) groups is 1. The second-order valence-electron chi connectivity index (χ2n) is 4.17. The Kier molecular flexibility index (Phi) is 3.51. The predicted octanol–water partition coefficient (Wildman–Crippen LogP) is 1.97. The summed E-state index contributed by atoms with van der Waals surface area (Å²) >= 11 is 1.84. The van der Waals surface area contributed by atoms with Gasteiger partial charge in [-0.3, -0.25) is 4.99 Å². The molecule has 4 heteroatoms. The summed E-state index contributed by atoms with van der Waals surface area (Å²) < 4.78 is 0. The van der Waals surface area contributed by atoms with Crippen LogP contribution in [0.25, 0.3) is 0 Å². The van der Waals surface area contributed by atoms with Gasteiger partial charge in [-0.2, -0.15) is 0 Å². The molecule has 0 saturated heterocycles. The van der Waals surface area contributed by atoms with Crippen LogP contribution in [0.2, 0.25) is 0 Å². The highest BCUT2D eigenvalue weighted by Crippen LogP contribution is 2.36. The second kappa shape index (κ2) is 4.89. The van der Waals surface area contributed by atoms with E-state index in [1.807, 2.05) is 11.8 Å². The molecule has 0 bridgehead atoms. The zero-order chi connectivity index (χ0) is 11.5. The number of hydrogen-bond acceptors (Lipinski definition) is 3. The summed E-state index contributed by atoms with van der Waals surface area (Å²) in [5.74, 6) is 6.44. The van der Waals surface area contributed by atoms with Gasteiger partial charge in [0.1, 0.15) is 5.84 Å². The van der Waals surface area contributed by atoms with Crippen molar-refractivity contribution in [1.29, 1.82) is 0 Å². The first kappa shape index (κ1) is 11.5. The number of nitrogens with zero attached hydrogens (tertiary/aromatic N) is 1. The molecule has 0 aromatic heterocycles. The molecule has 0 spiro atoms. The fourth-order valence-electron chi connectivity index (χ4n) is 1.83. The van der Waals surface area contributed by atoms with Gasteiger partial charge in [-0.05, 0) is 31.9 Å². The third-order valence-electron chi connectivity index (χ3n) is 2.50. The van der Waals surface area contributed by atoms with Gasteiger partial charge in [-0.1, -0.05) is 18.2 Å². The normalized spacial score (nSPS) is 20.0. The average molecular weight is 235 g/mol. The molecule has 1 atom stereocenters. The maximum absolute atomic E-state index is 5.54. The Labute approximate surface area is 100 Å². The highest BCUT2D eigenvalue weighted by atomic mass is 32.2. The Bertz CT molecular complexity index is 376. The van der Waals surface area contributed by atoms with E-state index in [1.54, 1.807) is 0 Å². The van der Waals surface area contributed by atoms with E-state index in [-0.39, 0.29) is 6.04 Å². The minimum atomic E-state index is 0.273.